The fourth-order valence-corrected chi connectivity index (χ4v) is 1.59. The van der Waals surface area contributed by atoms with Crippen LogP contribution >= 0.6 is 0 Å². The average molecular weight is 213 g/mol. The predicted octanol–water partition coefficient (Wildman–Crippen LogP) is 2.00. The minimum absolute atomic E-state index is 0.314. The van der Waals surface area contributed by atoms with Crippen molar-refractivity contribution < 1.29 is 9.52 Å². The van der Waals surface area contributed by atoms with E-state index in [2.05, 4.69) is 4.98 Å². The van der Waals surface area contributed by atoms with Crippen LogP contribution in [-0.4, -0.2) is 10.1 Å². The monoisotopic (exact) mass is 213 g/mol. The van der Waals surface area contributed by atoms with Crippen LogP contribution in [0.15, 0.2) is 45.6 Å². The van der Waals surface area contributed by atoms with Crippen LogP contribution < -0.4 is 5.43 Å². The molecule has 1 aromatic carbocycles. The van der Waals surface area contributed by atoms with Crippen LogP contribution in [0.1, 0.15) is 0 Å². The number of rotatable bonds is 0. The van der Waals surface area contributed by atoms with E-state index in [0.29, 0.717) is 22.6 Å². The molecule has 1 aliphatic carbocycles. The van der Waals surface area contributed by atoms with Crippen molar-refractivity contribution in [1.82, 2.24) is 4.98 Å². The highest BCUT2D eigenvalue weighted by Crippen LogP contribution is 2.25. The van der Waals surface area contributed by atoms with E-state index in [1.165, 1.54) is 12.1 Å². The third-order valence-corrected chi connectivity index (χ3v) is 2.37. The average Bonchev–Trinajstić information content (AvgIpc) is 2.28. The molecule has 0 saturated carbocycles. The van der Waals surface area contributed by atoms with Crippen molar-refractivity contribution in [2.45, 2.75) is 0 Å². The molecule has 4 nitrogen and oxygen atoms in total. The summed E-state index contributed by atoms with van der Waals surface area (Å²) in [5, 5.41) is 9.30. The molecule has 0 amide bonds. The first kappa shape index (κ1) is 8.91. The molecule has 0 atom stereocenters. The molecule has 3 rings (SSSR count). The molecule has 0 fully saturated rings. The molecule has 0 saturated heterocycles. The molecule has 1 aliphatic heterocycles. The predicted molar refractivity (Wildman–Crippen MR) is 58.6 cm³/mol. The van der Waals surface area contributed by atoms with Crippen LogP contribution in [0.3, 0.4) is 0 Å². The van der Waals surface area contributed by atoms with Crippen molar-refractivity contribution in [3.8, 4) is 17.2 Å². The number of phenols is 1. The normalized spacial score (nSPS) is 11.0. The van der Waals surface area contributed by atoms with Crippen molar-refractivity contribution in [1.29, 1.82) is 0 Å². The Labute approximate surface area is 90.1 Å². The van der Waals surface area contributed by atoms with Crippen LogP contribution in [-0.2, 0) is 0 Å². The topological polar surface area (TPSA) is 63.3 Å². The zero-order valence-corrected chi connectivity index (χ0v) is 8.18. The molecule has 0 spiro atoms. The van der Waals surface area contributed by atoms with Gasteiger partial charge in [0.2, 0.25) is 5.43 Å². The largest absolute Gasteiger partial charge is 0.504 e. The maximum atomic E-state index is 11.2. The number of benzene rings is 2. The Morgan fingerprint density at radius 3 is 2.88 bits per heavy atom. The van der Waals surface area contributed by atoms with Gasteiger partial charge in [0.1, 0.15) is 11.2 Å². The lowest BCUT2D eigenvalue weighted by Gasteiger charge is -2.05. The summed E-state index contributed by atoms with van der Waals surface area (Å²) in [6.45, 7) is 0. The number of para-hydroxylation sites is 2. The summed E-state index contributed by atoms with van der Waals surface area (Å²) in [5.74, 6) is 0.0620. The van der Waals surface area contributed by atoms with Crippen molar-refractivity contribution in [2.75, 3.05) is 0 Å². The second-order valence-electron chi connectivity index (χ2n) is 3.47. The molecule has 16 heavy (non-hydrogen) atoms. The molecular formula is C12H7NO3. The number of hydrogen-bond donors (Lipinski definition) is 1. The summed E-state index contributed by atoms with van der Waals surface area (Å²) in [7, 11) is 0. The number of nitrogens with zero attached hydrogens (tertiary/aromatic N) is 1. The van der Waals surface area contributed by atoms with Crippen molar-refractivity contribution in [2.24, 2.45) is 0 Å². The molecule has 78 valence electrons. The summed E-state index contributed by atoms with van der Waals surface area (Å²) >= 11 is 0. The van der Waals surface area contributed by atoms with Crippen molar-refractivity contribution in [3.63, 3.8) is 0 Å². The summed E-state index contributed by atoms with van der Waals surface area (Å²) in [6.07, 6.45) is 0. The van der Waals surface area contributed by atoms with Gasteiger partial charge in [-0.15, -0.1) is 0 Å². The minimum Gasteiger partial charge on any atom is -0.504 e. The Hall–Kier alpha value is -2.36. The van der Waals surface area contributed by atoms with Crippen LogP contribution in [0, 0.1) is 0 Å². The highest BCUT2D eigenvalue weighted by atomic mass is 16.3. The second kappa shape index (κ2) is 3.06. The van der Waals surface area contributed by atoms with Gasteiger partial charge < -0.3 is 9.52 Å². The van der Waals surface area contributed by atoms with E-state index in [1.54, 1.807) is 12.1 Å². The van der Waals surface area contributed by atoms with E-state index in [0.717, 1.165) is 0 Å². The first-order chi connectivity index (χ1) is 7.74. The molecule has 0 bridgehead atoms. The van der Waals surface area contributed by atoms with Gasteiger partial charge in [-0.3, -0.25) is 4.79 Å². The van der Waals surface area contributed by atoms with Gasteiger partial charge in [0.25, 0.3) is 0 Å². The maximum absolute atomic E-state index is 11.2. The third-order valence-electron chi connectivity index (χ3n) is 2.37. The number of aromatic hydroxyl groups is 1. The third kappa shape index (κ3) is 1.24. The van der Waals surface area contributed by atoms with E-state index in [9.17, 15) is 9.90 Å². The summed E-state index contributed by atoms with van der Waals surface area (Å²) in [5.41, 5.74) is 1.30. The maximum Gasteiger partial charge on any atom is 0.223 e. The zero-order chi connectivity index (χ0) is 11.1. The number of hydrogen-bond acceptors (Lipinski definition) is 4. The fourth-order valence-electron chi connectivity index (χ4n) is 1.59. The smallest absolute Gasteiger partial charge is 0.223 e. The van der Waals surface area contributed by atoms with Crippen molar-refractivity contribution in [3.05, 3.63) is 46.6 Å². The van der Waals surface area contributed by atoms with Crippen LogP contribution in [0.4, 0.5) is 0 Å². The zero-order valence-electron chi connectivity index (χ0n) is 8.18. The minimum atomic E-state index is -0.465. The first-order valence-electron chi connectivity index (χ1n) is 4.77. The highest BCUT2D eigenvalue weighted by molar-refractivity contribution is 5.76. The van der Waals surface area contributed by atoms with E-state index >= 15 is 0 Å². The van der Waals surface area contributed by atoms with Gasteiger partial charge in [0.05, 0.1) is 0 Å². The number of fused-ring (bicyclic) bond motifs is 2. The summed E-state index contributed by atoms with van der Waals surface area (Å²) < 4.78 is 5.51. The molecule has 1 aromatic rings. The van der Waals surface area contributed by atoms with Gasteiger partial charge in [-0.25, -0.2) is 4.98 Å². The van der Waals surface area contributed by atoms with Gasteiger partial charge in [0, 0.05) is 12.1 Å². The van der Waals surface area contributed by atoms with Gasteiger partial charge in [-0.2, -0.15) is 0 Å². The molecular weight excluding hydrogens is 206 g/mol. The lowest BCUT2D eigenvalue weighted by molar-refractivity contribution is 0.469. The Balaban J connectivity index is 2.48. The molecule has 0 aromatic heterocycles. The van der Waals surface area contributed by atoms with E-state index in [1.807, 2.05) is 12.1 Å². The Kier molecular flexibility index (Phi) is 1.71. The summed E-state index contributed by atoms with van der Waals surface area (Å²) in [4.78, 5) is 15.5. The van der Waals surface area contributed by atoms with Gasteiger partial charge >= 0.3 is 0 Å². The van der Waals surface area contributed by atoms with Crippen molar-refractivity contribution >= 4 is 11.1 Å². The number of phenolic OH excluding ortho intramolecular Hbond substituents is 1. The Bertz CT molecular complexity index is 702. The molecule has 0 unspecified atom stereocenters. The van der Waals surface area contributed by atoms with Crippen LogP contribution in [0.25, 0.3) is 22.6 Å². The van der Waals surface area contributed by atoms with Gasteiger partial charge in [0.15, 0.2) is 17.1 Å². The molecule has 4 heteroatoms. The standard InChI is InChI=1S/C12H7NO3/c14-9-5-8-12(6-10(9)15)16-11-4-2-1-3-7(11)13-8/h1-6,14H. The van der Waals surface area contributed by atoms with Crippen LogP contribution in [0.2, 0.25) is 0 Å². The molecule has 2 aliphatic rings. The Morgan fingerprint density at radius 1 is 1.19 bits per heavy atom. The van der Waals surface area contributed by atoms with E-state index in [-0.39, 0.29) is 5.75 Å². The first-order valence-corrected chi connectivity index (χ1v) is 4.77. The summed E-state index contributed by atoms with van der Waals surface area (Å²) in [6, 6.07) is 9.81. The lowest BCUT2D eigenvalue weighted by atomic mass is 10.2. The second-order valence-corrected chi connectivity index (χ2v) is 3.47. The lowest BCUT2D eigenvalue weighted by Crippen LogP contribution is -2.01. The van der Waals surface area contributed by atoms with E-state index < -0.39 is 5.43 Å². The Morgan fingerprint density at radius 2 is 2.00 bits per heavy atom. The van der Waals surface area contributed by atoms with Gasteiger partial charge in [-0.1, -0.05) is 12.1 Å². The van der Waals surface area contributed by atoms with Crippen LogP contribution in [0.5, 0.6) is 5.75 Å². The fraction of sp³-hybridized carbons (Fsp3) is 0. The van der Waals surface area contributed by atoms with E-state index in [4.69, 9.17) is 4.42 Å². The van der Waals surface area contributed by atoms with Gasteiger partial charge in [-0.05, 0) is 12.1 Å². The molecule has 0 radical (unpaired) electrons. The molecule has 1 N–H and O–H groups in total. The highest BCUT2D eigenvalue weighted by Gasteiger charge is 2.11. The SMILES string of the molecule is O=c1cc2oc3ccccc3nc-2cc1O. The molecule has 1 heterocycles. The quantitative estimate of drug-likeness (QED) is 0.580. The number of aromatic nitrogens is 1.